The van der Waals surface area contributed by atoms with E-state index in [1.165, 1.54) is 4.90 Å². The number of carbonyl (C=O) groups is 2. The van der Waals surface area contributed by atoms with E-state index in [-0.39, 0.29) is 5.91 Å². The summed E-state index contributed by atoms with van der Waals surface area (Å²) in [6, 6.07) is -0.852. The molecule has 0 saturated carbocycles. The predicted molar refractivity (Wildman–Crippen MR) is 62.5 cm³/mol. The Bertz CT molecular complexity index is 351. The van der Waals surface area contributed by atoms with E-state index in [1.807, 2.05) is 0 Å². The summed E-state index contributed by atoms with van der Waals surface area (Å²) < 4.78 is 0.322. The molecule has 1 fully saturated rings. The number of nitrogens with zero attached hydrogens (tertiary/aromatic N) is 1. The second kappa shape index (κ2) is 4.76. The maximum absolute atomic E-state index is 11.7. The molecule has 4 nitrogen and oxygen atoms in total. The van der Waals surface area contributed by atoms with Gasteiger partial charge in [-0.15, -0.1) is 0 Å². The molecule has 1 unspecified atom stereocenters. The number of allylic oxidation sites excluding steroid dienone is 1. The Morgan fingerprint density at radius 1 is 1.73 bits per heavy atom. The highest BCUT2D eigenvalue weighted by molar-refractivity contribution is 8.26. The lowest BCUT2D eigenvalue weighted by Gasteiger charge is -2.21. The van der Waals surface area contributed by atoms with Crippen LogP contribution in [0.15, 0.2) is 11.0 Å². The van der Waals surface area contributed by atoms with Crippen LogP contribution in [0, 0.1) is 0 Å². The zero-order chi connectivity index (χ0) is 11.6. The fraction of sp³-hybridized carbons (Fsp3) is 0.444. The van der Waals surface area contributed by atoms with E-state index in [0.29, 0.717) is 15.6 Å². The van der Waals surface area contributed by atoms with Crippen molar-refractivity contribution in [1.29, 1.82) is 0 Å². The van der Waals surface area contributed by atoms with Crippen LogP contribution in [0.4, 0.5) is 0 Å². The number of carbonyl (C=O) groups excluding carboxylic acids is 1. The minimum atomic E-state index is -1.02. The molecule has 0 bridgehead atoms. The fourth-order valence-electron chi connectivity index (χ4n) is 1.31. The van der Waals surface area contributed by atoms with Crippen molar-refractivity contribution < 1.29 is 14.7 Å². The second-order valence-electron chi connectivity index (χ2n) is 2.96. The van der Waals surface area contributed by atoms with Gasteiger partial charge in [0.05, 0.1) is 4.91 Å². The van der Waals surface area contributed by atoms with Crippen LogP contribution in [0.1, 0.15) is 20.3 Å². The average molecular weight is 245 g/mol. The summed E-state index contributed by atoms with van der Waals surface area (Å²) in [5.41, 5.74) is 0. The van der Waals surface area contributed by atoms with Crippen molar-refractivity contribution in [3.63, 3.8) is 0 Å². The van der Waals surface area contributed by atoms with Crippen LogP contribution in [0.25, 0.3) is 0 Å². The minimum Gasteiger partial charge on any atom is -0.480 e. The van der Waals surface area contributed by atoms with Gasteiger partial charge in [-0.2, -0.15) is 0 Å². The van der Waals surface area contributed by atoms with Crippen molar-refractivity contribution in [2.45, 2.75) is 26.3 Å². The SMILES string of the molecule is C/C=C1\SC(=S)N(C(CC)C(=O)O)C1=O. The number of hydrogen-bond acceptors (Lipinski definition) is 4. The first-order chi connectivity index (χ1) is 7.02. The minimum absolute atomic E-state index is 0.304. The molecular weight excluding hydrogens is 234 g/mol. The topological polar surface area (TPSA) is 57.6 Å². The molecule has 6 heteroatoms. The highest BCUT2D eigenvalue weighted by Gasteiger charge is 2.39. The Morgan fingerprint density at radius 2 is 2.33 bits per heavy atom. The molecule has 1 amide bonds. The number of rotatable bonds is 3. The van der Waals surface area contributed by atoms with Gasteiger partial charge in [-0.1, -0.05) is 37.0 Å². The first kappa shape index (κ1) is 12.2. The van der Waals surface area contributed by atoms with Gasteiger partial charge in [-0.25, -0.2) is 4.79 Å². The van der Waals surface area contributed by atoms with Gasteiger partial charge in [-0.3, -0.25) is 9.69 Å². The van der Waals surface area contributed by atoms with Gasteiger partial charge in [0, 0.05) is 0 Å². The van der Waals surface area contributed by atoms with E-state index in [2.05, 4.69) is 0 Å². The Kier molecular flexibility index (Phi) is 3.87. The fourth-order valence-corrected chi connectivity index (χ4v) is 2.59. The summed E-state index contributed by atoms with van der Waals surface area (Å²) in [5, 5.41) is 8.95. The molecule has 1 atom stereocenters. The number of thioether (sulfide) groups is 1. The Morgan fingerprint density at radius 3 is 2.67 bits per heavy atom. The lowest BCUT2D eigenvalue weighted by Crippen LogP contribution is -2.43. The molecule has 1 rings (SSSR count). The average Bonchev–Trinajstić information content (AvgIpc) is 2.45. The third-order valence-electron chi connectivity index (χ3n) is 2.07. The van der Waals surface area contributed by atoms with Crippen molar-refractivity contribution in [2.75, 3.05) is 0 Å². The molecule has 0 aliphatic carbocycles. The molecule has 1 saturated heterocycles. The van der Waals surface area contributed by atoms with Crippen LogP contribution in [0.3, 0.4) is 0 Å². The van der Waals surface area contributed by atoms with E-state index in [1.54, 1.807) is 19.9 Å². The third kappa shape index (κ3) is 2.21. The van der Waals surface area contributed by atoms with Crippen molar-refractivity contribution in [3.8, 4) is 0 Å². The van der Waals surface area contributed by atoms with E-state index in [0.717, 1.165) is 11.8 Å². The Balaban J connectivity index is 3.00. The number of carboxylic acids is 1. The Hall–Kier alpha value is -0.880. The van der Waals surface area contributed by atoms with Crippen LogP contribution < -0.4 is 0 Å². The number of hydrogen-bond donors (Lipinski definition) is 1. The molecular formula is C9H11NO3S2. The molecule has 1 heterocycles. The molecule has 0 aromatic carbocycles. The third-order valence-corrected chi connectivity index (χ3v) is 3.52. The number of thiocarbonyl (C=S) groups is 1. The molecule has 1 aliphatic heterocycles. The molecule has 15 heavy (non-hydrogen) atoms. The van der Waals surface area contributed by atoms with Crippen molar-refractivity contribution in [2.24, 2.45) is 0 Å². The lowest BCUT2D eigenvalue weighted by molar-refractivity contribution is -0.145. The van der Waals surface area contributed by atoms with Crippen LogP contribution in [0.2, 0.25) is 0 Å². The highest BCUT2D eigenvalue weighted by Crippen LogP contribution is 2.32. The van der Waals surface area contributed by atoms with E-state index >= 15 is 0 Å². The summed E-state index contributed by atoms with van der Waals surface area (Å²) in [6.45, 7) is 3.45. The number of amides is 1. The lowest BCUT2D eigenvalue weighted by atomic mass is 10.2. The van der Waals surface area contributed by atoms with Crippen molar-refractivity contribution in [3.05, 3.63) is 11.0 Å². The number of carboxylic acid groups (broad SMARTS) is 1. The first-order valence-corrected chi connectivity index (χ1v) is 5.69. The van der Waals surface area contributed by atoms with Crippen LogP contribution in [-0.2, 0) is 9.59 Å². The zero-order valence-corrected chi connectivity index (χ0v) is 10.0. The van der Waals surface area contributed by atoms with Gasteiger partial charge in [0.15, 0.2) is 0 Å². The van der Waals surface area contributed by atoms with Gasteiger partial charge in [-0.05, 0) is 13.3 Å². The molecule has 0 aromatic rings. The molecule has 0 aromatic heterocycles. The van der Waals surface area contributed by atoms with Gasteiger partial charge in [0.25, 0.3) is 5.91 Å². The monoisotopic (exact) mass is 245 g/mol. The molecule has 82 valence electrons. The predicted octanol–water partition coefficient (Wildman–Crippen LogP) is 1.61. The number of aliphatic carboxylic acids is 1. The van der Waals surface area contributed by atoms with Gasteiger partial charge in [0.1, 0.15) is 10.4 Å². The van der Waals surface area contributed by atoms with Gasteiger partial charge >= 0.3 is 5.97 Å². The summed E-state index contributed by atoms with van der Waals surface area (Å²) in [7, 11) is 0. The quantitative estimate of drug-likeness (QED) is 0.604. The summed E-state index contributed by atoms with van der Waals surface area (Å²) in [5.74, 6) is -1.33. The van der Waals surface area contributed by atoms with Gasteiger partial charge in [0.2, 0.25) is 0 Å². The summed E-state index contributed by atoms with van der Waals surface area (Å²) in [4.78, 5) is 24.3. The Labute approximate surface area is 97.3 Å². The van der Waals surface area contributed by atoms with E-state index in [4.69, 9.17) is 17.3 Å². The molecule has 0 spiro atoms. The molecule has 0 radical (unpaired) electrons. The van der Waals surface area contributed by atoms with E-state index in [9.17, 15) is 9.59 Å². The van der Waals surface area contributed by atoms with Crippen LogP contribution >= 0.6 is 24.0 Å². The molecule has 1 aliphatic rings. The van der Waals surface area contributed by atoms with Crippen LogP contribution in [0.5, 0.6) is 0 Å². The maximum Gasteiger partial charge on any atom is 0.326 e. The zero-order valence-electron chi connectivity index (χ0n) is 8.39. The highest BCUT2D eigenvalue weighted by atomic mass is 32.2. The van der Waals surface area contributed by atoms with Crippen molar-refractivity contribution >= 4 is 40.2 Å². The van der Waals surface area contributed by atoms with Crippen LogP contribution in [-0.4, -0.2) is 32.2 Å². The molecule has 1 N–H and O–H groups in total. The maximum atomic E-state index is 11.7. The summed E-state index contributed by atoms with van der Waals surface area (Å²) in [6.07, 6.45) is 1.99. The van der Waals surface area contributed by atoms with Crippen molar-refractivity contribution in [1.82, 2.24) is 4.90 Å². The normalized spacial score (nSPS) is 21.2. The second-order valence-corrected chi connectivity index (χ2v) is 4.63. The first-order valence-electron chi connectivity index (χ1n) is 4.47. The standard InChI is InChI=1S/C9H11NO3S2/c1-3-5(8(12)13)10-7(11)6(4-2)15-9(10)14/h4-5H,3H2,1-2H3,(H,12,13)/b6-4-. The largest absolute Gasteiger partial charge is 0.480 e. The smallest absolute Gasteiger partial charge is 0.326 e. The summed E-state index contributed by atoms with van der Waals surface area (Å²) >= 11 is 6.14. The van der Waals surface area contributed by atoms with Gasteiger partial charge < -0.3 is 5.11 Å². The van der Waals surface area contributed by atoms with E-state index < -0.39 is 12.0 Å².